The second-order valence-corrected chi connectivity index (χ2v) is 2.20. The van der Waals surface area contributed by atoms with Crippen LogP contribution in [0.3, 0.4) is 0 Å². The number of rotatable bonds is 3. The van der Waals surface area contributed by atoms with Crippen molar-refractivity contribution in [1.82, 2.24) is 0 Å². The van der Waals surface area contributed by atoms with Crippen LogP contribution in [0.5, 0.6) is 0 Å². The monoisotopic (exact) mass is 158 g/mol. The smallest absolute Gasteiger partial charge is 0.404 e. The summed E-state index contributed by atoms with van der Waals surface area (Å²) < 4.78 is 8.78. The van der Waals surface area contributed by atoms with Gasteiger partial charge < -0.3 is 9.47 Å². The van der Waals surface area contributed by atoms with E-state index in [2.05, 4.69) is 21.2 Å². The molecule has 0 aromatic carbocycles. The van der Waals surface area contributed by atoms with Gasteiger partial charge in [-0.25, -0.2) is 10.3 Å². The Morgan fingerprint density at radius 1 is 1.73 bits per heavy atom. The van der Waals surface area contributed by atoms with Crippen molar-refractivity contribution in [3.63, 3.8) is 0 Å². The summed E-state index contributed by atoms with van der Waals surface area (Å²) in [4.78, 5) is 10.6. The number of hydrogen-bond donors (Lipinski definition) is 1. The Balaban J connectivity index is 3.92. The Hall–Kier alpha value is -1.39. The summed E-state index contributed by atoms with van der Waals surface area (Å²) in [7, 11) is 0. The van der Waals surface area contributed by atoms with Crippen molar-refractivity contribution in [2.75, 3.05) is 0 Å². The van der Waals surface area contributed by atoms with Crippen LogP contribution in [0.2, 0.25) is 0 Å². The molecule has 0 aliphatic rings. The van der Waals surface area contributed by atoms with Crippen molar-refractivity contribution in [2.45, 2.75) is 19.6 Å². The normalized spacial score (nSPS) is 10.0. The minimum Gasteiger partial charge on any atom is -0.404 e. The van der Waals surface area contributed by atoms with Gasteiger partial charge in [0.05, 0.1) is 6.26 Å². The maximum Gasteiger partial charge on any atom is 0.515 e. The number of carbonyl (C=O) groups excluding carboxylic acids is 1. The van der Waals surface area contributed by atoms with Crippen LogP contribution < -0.4 is 0 Å². The lowest BCUT2D eigenvalue weighted by Gasteiger charge is -2.16. The molecular formula is C6H10N2O3. The predicted octanol–water partition coefficient (Wildman–Crippen LogP) is 2.05. The van der Waals surface area contributed by atoms with E-state index in [9.17, 15) is 4.79 Å². The molecule has 0 saturated heterocycles. The van der Waals surface area contributed by atoms with Crippen molar-refractivity contribution in [3.8, 4) is 0 Å². The average molecular weight is 158 g/mol. The van der Waals surface area contributed by atoms with E-state index in [0.717, 1.165) is 6.26 Å². The first-order valence-corrected chi connectivity index (χ1v) is 2.91. The fraction of sp³-hybridized carbons (Fsp3) is 0.500. The molecule has 0 aromatic rings. The maximum absolute atomic E-state index is 10.6. The van der Waals surface area contributed by atoms with Crippen LogP contribution in [0.25, 0.3) is 0 Å². The van der Waals surface area contributed by atoms with Crippen molar-refractivity contribution in [1.29, 1.82) is 5.53 Å². The lowest BCUT2D eigenvalue weighted by atomic mass is 10.3. The van der Waals surface area contributed by atoms with Gasteiger partial charge in [0.1, 0.15) is 0 Å². The number of nitrogens with zero attached hydrogens (tertiary/aromatic N) is 1. The molecule has 0 unspecified atom stereocenters. The van der Waals surface area contributed by atoms with Crippen LogP contribution in [0.15, 0.2) is 18.0 Å². The van der Waals surface area contributed by atoms with Gasteiger partial charge >= 0.3 is 6.16 Å². The third kappa shape index (κ3) is 4.07. The summed E-state index contributed by atoms with van der Waals surface area (Å²) in [5.74, 6) is 0. The summed E-state index contributed by atoms with van der Waals surface area (Å²) in [6, 6.07) is 0. The van der Waals surface area contributed by atoms with Crippen LogP contribution in [-0.2, 0) is 9.47 Å². The quantitative estimate of drug-likeness (QED) is 0.388. The van der Waals surface area contributed by atoms with Crippen molar-refractivity contribution < 1.29 is 14.3 Å². The first-order valence-electron chi connectivity index (χ1n) is 2.91. The molecule has 62 valence electrons. The number of nitrogens with one attached hydrogen (secondary N) is 1. The highest BCUT2D eigenvalue weighted by molar-refractivity contribution is 5.61. The molecule has 0 aromatic heterocycles. The van der Waals surface area contributed by atoms with Crippen LogP contribution in [0.4, 0.5) is 4.79 Å². The van der Waals surface area contributed by atoms with E-state index in [-0.39, 0.29) is 0 Å². The number of carbonyl (C=O) groups is 1. The SMILES string of the molecule is C=COC(=O)OC(C)(C)N=N. The molecule has 11 heavy (non-hydrogen) atoms. The highest BCUT2D eigenvalue weighted by Gasteiger charge is 2.21. The van der Waals surface area contributed by atoms with Crippen LogP contribution in [-0.4, -0.2) is 11.9 Å². The fourth-order valence-corrected chi connectivity index (χ4v) is 0.319. The zero-order chi connectivity index (χ0) is 8.91. The van der Waals surface area contributed by atoms with Crippen molar-refractivity contribution in [2.24, 2.45) is 5.11 Å². The highest BCUT2D eigenvalue weighted by atomic mass is 16.7. The molecule has 1 N–H and O–H groups in total. The highest BCUT2D eigenvalue weighted by Crippen LogP contribution is 2.10. The Labute approximate surface area is 64.5 Å². The topological polar surface area (TPSA) is 71.7 Å². The first-order chi connectivity index (χ1) is 5.02. The summed E-state index contributed by atoms with van der Waals surface area (Å²) in [5.41, 5.74) is 5.43. The van der Waals surface area contributed by atoms with E-state index < -0.39 is 11.9 Å². The molecule has 0 atom stereocenters. The zero-order valence-electron chi connectivity index (χ0n) is 6.46. The number of ether oxygens (including phenoxy) is 2. The first kappa shape index (κ1) is 9.61. The fourth-order valence-electron chi connectivity index (χ4n) is 0.319. The Kier molecular flexibility index (Phi) is 3.23. The lowest BCUT2D eigenvalue weighted by molar-refractivity contribution is -0.000000654. The molecule has 0 spiro atoms. The van der Waals surface area contributed by atoms with Crippen LogP contribution in [0, 0.1) is 5.53 Å². The Morgan fingerprint density at radius 2 is 2.27 bits per heavy atom. The molecule has 0 fully saturated rings. The predicted molar refractivity (Wildman–Crippen MR) is 37.0 cm³/mol. The van der Waals surface area contributed by atoms with Crippen molar-refractivity contribution in [3.05, 3.63) is 12.8 Å². The van der Waals surface area contributed by atoms with Gasteiger partial charge in [0.15, 0.2) is 0 Å². The molecule has 0 amide bonds. The van der Waals surface area contributed by atoms with Gasteiger partial charge in [0.25, 0.3) is 0 Å². The minimum atomic E-state index is -1.17. The van der Waals surface area contributed by atoms with E-state index in [4.69, 9.17) is 5.53 Å². The summed E-state index contributed by atoms with van der Waals surface area (Å²) in [6.45, 7) is 6.08. The molecule has 0 aliphatic heterocycles. The van der Waals surface area contributed by atoms with Crippen LogP contribution in [0.1, 0.15) is 13.8 Å². The van der Waals surface area contributed by atoms with E-state index in [1.54, 1.807) is 0 Å². The molecule has 0 bridgehead atoms. The largest absolute Gasteiger partial charge is 0.515 e. The molecule has 5 nitrogen and oxygen atoms in total. The molecule has 0 rings (SSSR count). The average Bonchev–Trinajstić information content (AvgIpc) is 1.87. The standard InChI is InChI=1S/C6H10N2O3/c1-4-10-5(9)11-6(2,3)8-7/h4,7H,1H2,2-3H3. The molecule has 0 aliphatic carbocycles. The van der Waals surface area contributed by atoms with Crippen molar-refractivity contribution >= 4 is 6.16 Å². The van der Waals surface area contributed by atoms with Gasteiger partial charge in [-0.15, -0.1) is 5.11 Å². The summed E-state index contributed by atoms with van der Waals surface area (Å²) >= 11 is 0. The van der Waals surface area contributed by atoms with Gasteiger partial charge in [-0.1, -0.05) is 6.58 Å². The van der Waals surface area contributed by atoms with Gasteiger partial charge in [0.2, 0.25) is 5.72 Å². The second kappa shape index (κ2) is 3.70. The van der Waals surface area contributed by atoms with E-state index in [0.29, 0.717) is 0 Å². The molecule has 0 radical (unpaired) electrons. The van der Waals surface area contributed by atoms with E-state index >= 15 is 0 Å². The van der Waals surface area contributed by atoms with E-state index in [1.807, 2.05) is 0 Å². The van der Waals surface area contributed by atoms with E-state index in [1.165, 1.54) is 13.8 Å². The lowest BCUT2D eigenvalue weighted by Crippen LogP contribution is -2.24. The van der Waals surface area contributed by atoms with Gasteiger partial charge in [-0.05, 0) is 13.8 Å². The maximum atomic E-state index is 10.6. The van der Waals surface area contributed by atoms with Gasteiger partial charge in [-0.3, -0.25) is 0 Å². The number of hydrogen-bond acceptors (Lipinski definition) is 5. The third-order valence-electron chi connectivity index (χ3n) is 0.782. The minimum absolute atomic E-state index is 0.916. The molecular weight excluding hydrogens is 148 g/mol. The second-order valence-electron chi connectivity index (χ2n) is 2.20. The molecule has 0 heterocycles. The molecule has 5 heteroatoms. The van der Waals surface area contributed by atoms with Gasteiger partial charge in [-0.2, -0.15) is 0 Å². The Morgan fingerprint density at radius 3 is 2.64 bits per heavy atom. The zero-order valence-corrected chi connectivity index (χ0v) is 6.46. The third-order valence-corrected chi connectivity index (χ3v) is 0.782. The Bertz CT molecular complexity index is 177. The van der Waals surface area contributed by atoms with Gasteiger partial charge in [0, 0.05) is 0 Å². The van der Waals surface area contributed by atoms with Crippen LogP contribution >= 0.6 is 0 Å². The summed E-state index contributed by atoms with van der Waals surface area (Å²) in [6.07, 6.45) is 0.0310. The summed E-state index contributed by atoms with van der Waals surface area (Å²) in [5, 5.41) is 3.04. The molecule has 0 saturated carbocycles.